The lowest BCUT2D eigenvalue weighted by Crippen LogP contribution is -2.43. The van der Waals surface area contributed by atoms with Gasteiger partial charge in [-0.3, -0.25) is 4.79 Å². The predicted molar refractivity (Wildman–Crippen MR) is 90.9 cm³/mol. The first-order valence-corrected chi connectivity index (χ1v) is 8.53. The topological polar surface area (TPSA) is 26.3 Å². The Hall–Kier alpha value is -2.09. The summed E-state index contributed by atoms with van der Waals surface area (Å²) in [5.41, 5.74) is 3.97. The second kappa shape index (κ2) is 4.47. The third-order valence-corrected chi connectivity index (χ3v) is 6.27. The Balaban J connectivity index is 1.77. The number of methoxy groups -OCH3 is 1. The molecule has 2 atom stereocenters. The van der Waals surface area contributed by atoms with Crippen LogP contribution in [0.1, 0.15) is 36.8 Å². The Kier molecular flexibility index (Phi) is 2.60. The van der Waals surface area contributed by atoms with Gasteiger partial charge in [0.1, 0.15) is 11.5 Å². The van der Waals surface area contributed by atoms with E-state index < -0.39 is 0 Å². The Morgan fingerprint density at radius 2 is 2.04 bits per heavy atom. The van der Waals surface area contributed by atoms with Gasteiger partial charge in [0.2, 0.25) is 0 Å². The molecule has 116 valence electrons. The summed E-state index contributed by atoms with van der Waals surface area (Å²) in [6.07, 6.45) is 7.13. The molecule has 23 heavy (non-hydrogen) atoms. The second-order valence-corrected chi connectivity index (χ2v) is 7.29. The van der Waals surface area contributed by atoms with Gasteiger partial charge in [-0.25, -0.2) is 0 Å². The number of aryl methyl sites for hydroxylation is 1. The van der Waals surface area contributed by atoms with Gasteiger partial charge in [0.15, 0.2) is 0 Å². The van der Waals surface area contributed by atoms with E-state index in [0.29, 0.717) is 18.1 Å². The molecule has 2 aromatic rings. The zero-order valence-corrected chi connectivity index (χ0v) is 13.4. The van der Waals surface area contributed by atoms with Gasteiger partial charge in [-0.15, -0.1) is 0 Å². The summed E-state index contributed by atoms with van der Waals surface area (Å²) in [5, 5.41) is 2.44. The SMILES string of the molecule is COc1ccc2cc3c(cc2c1)C1(CC2=CCC1C2)C(=O)CC3. The molecule has 2 nitrogen and oxygen atoms in total. The molecule has 2 bridgehead atoms. The number of benzene rings is 2. The standard InChI is InChI=1S/C21H20O2/c1-23-18-6-3-14-9-15-4-7-20(22)21(19(15)11-16(14)10-18)12-13-2-5-17(21)8-13/h2-3,6,9-11,17H,4-5,7-8,12H2,1H3. The fraction of sp³-hybridized carbons (Fsp3) is 0.381. The van der Waals surface area contributed by atoms with E-state index in [4.69, 9.17) is 4.74 Å². The van der Waals surface area contributed by atoms with Crippen LogP contribution in [0.3, 0.4) is 0 Å². The highest BCUT2D eigenvalue weighted by molar-refractivity contribution is 5.97. The lowest BCUT2D eigenvalue weighted by Gasteiger charge is -2.40. The molecule has 1 saturated carbocycles. The number of hydrogen-bond acceptors (Lipinski definition) is 2. The van der Waals surface area contributed by atoms with Crippen LogP contribution >= 0.6 is 0 Å². The van der Waals surface area contributed by atoms with Crippen molar-refractivity contribution in [2.24, 2.45) is 5.92 Å². The Labute approximate surface area is 136 Å². The average molecular weight is 304 g/mol. The van der Waals surface area contributed by atoms with E-state index in [1.54, 1.807) is 7.11 Å². The minimum atomic E-state index is -0.227. The molecule has 0 saturated heterocycles. The molecule has 0 aliphatic heterocycles. The molecule has 1 fully saturated rings. The fourth-order valence-electron chi connectivity index (χ4n) is 5.15. The number of ketones is 1. The van der Waals surface area contributed by atoms with Crippen LogP contribution in [0.25, 0.3) is 10.8 Å². The summed E-state index contributed by atoms with van der Waals surface area (Å²) in [5.74, 6) is 1.84. The van der Waals surface area contributed by atoms with E-state index in [1.165, 1.54) is 27.5 Å². The Morgan fingerprint density at radius 1 is 1.13 bits per heavy atom. The maximum Gasteiger partial charge on any atom is 0.144 e. The molecule has 0 aromatic heterocycles. The molecule has 5 rings (SSSR count). The lowest BCUT2D eigenvalue weighted by molar-refractivity contribution is -0.126. The van der Waals surface area contributed by atoms with Crippen molar-refractivity contribution >= 4 is 16.6 Å². The molecule has 0 radical (unpaired) electrons. The largest absolute Gasteiger partial charge is 0.497 e. The average Bonchev–Trinajstić information content (AvgIpc) is 3.19. The van der Waals surface area contributed by atoms with Gasteiger partial charge >= 0.3 is 0 Å². The lowest BCUT2D eigenvalue weighted by atomic mass is 9.61. The molecule has 1 spiro atoms. The number of carbonyl (C=O) groups is 1. The molecule has 3 aliphatic carbocycles. The molecule has 2 aromatic carbocycles. The molecule has 2 unspecified atom stereocenters. The minimum absolute atomic E-state index is 0.227. The first kappa shape index (κ1) is 13.4. The van der Waals surface area contributed by atoms with Gasteiger partial charge < -0.3 is 4.74 Å². The highest BCUT2D eigenvalue weighted by Gasteiger charge is 2.55. The van der Waals surface area contributed by atoms with Crippen molar-refractivity contribution in [1.82, 2.24) is 0 Å². The number of carbonyl (C=O) groups excluding carboxylic acids is 1. The van der Waals surface area contributed by atoms with Crippen molar-refractivity contribution in [1.29, 1.82) is 0 Å². The third kappa shape index (κ3) is 1.67. The summed E-state index contributed by atoms with van der Waals surface area (Å²) in [6.45, 7) is 0. The summed E-state index contributed by atoms with van der Waals surface area (Å²) in [6, 6.07) is 10.8. The van der Waals surface area contributed by atoms with Crippen molar-refractivity contribution in [2.45, 2.75) is 37.5 Å². The number of fused-ring (bicyclic) bond motifs is 6. The minimum Gasteiger partial charge on any atom is -0.497 e. The molecular formula is C21H20O2. The van der Waals surface area contributed by atoms with E-state index in [9.17, 15) is 4.79 Å². The van der Waals surface area contributed by atoms with Crippen LogP contribution < -0.4 is 4.74 Å². The van der Waals surface area contributed by atoms with Gasteiger partial charge in [0, 0.05) is 6.42 Å². The first-order chi connectivity index (χ1) is 11.2. The van der Waals surface area contributed by atoms with E-state index in [0.717, 1.165) is 31.4 Å². The van der Waals surface area contributed by atoms with Gasteiger partial charge in [-0.1, -0.05) is 23.8 Å². The number of allylic oxidation sites excluding steroid dienone is 2. The van der Waals surface area contributed by atoms with Crippen LogP contribution in [-0.2, 0) is 16.6 Å². The van der Waals surface area contributed by atoms with Crippen LogP contribution in [0.2, 0.25) is 0 Å². The van der Waals surface area contributed by atoms with Crippen molar-refractivity contribution in [2.75, 3.05) is 7.11 Å². The van der Waals surface area contributed by atoms with Crippen LogP contribution in [0.15, 0.2) is 42.0 Å². The van der Waals surface area contributed by atoms with Crippen LogP contribution in [0.4, 0.5) is 0 Å². The van der Waals surface area contributed by atoms with Crippen molar-refractivity contribution in [3.8, 4) is 5.75 Å². The number of hydrogen-bond donors (Lipinski definition) is 0. The van der Waals surface area contributed by atoms with E-state index in [-0.39, 0.29) is 5.41 Å². The van der Waals surface area contributed by atoms with Gasteiger partial charge in [0.25, 0.3) is 0 Å². The summed E-state index contributed by atoms with van der Waals surface area (Å²) >= 11 is 0. The number of Topliss-reactive ketones (excluding diaryl/α,β-unsaturated/α-hetero) is 1. The molecule has 0 amide bonds. The zero-order valence-electron chi connectivity index (χ0n) is 13.4. The highest BCUT2D eigenvalue weighted by Crippen LogP contribution is 2.57. The Morgan fingerprint density at radius 3 is 2.78 bits per heavy atom. The van der Waals surface area contributed by atoms with Gasteiger partial charge in [-0.05, 0) is 71.7 Å². The van der Waals surface area contributed by atoms with E-state index >= 15 is 0 Å². The van der Waals surface area contributed by atoms with Gasteiger partial charge in [0.05, 0.1) is 12.5 Å². The van der Waals surface area contributed by atoms with Crippen molar-refractivity contribution in [3.63, 3.8) is 0 Å². The predicted octanol–water partition coefficient (Wildman–Crippen LogP) is 4.34. The fourth-order valence-corrected chi connectivity index (χ4v) is 5.15. The van der Waals surface area contributed by atoms with Crippen molar-refractivity contribution < 1.29 is 9.53 Å². The Bertz CT molecular complexity index is 877. The summed E-state index contributed by atoms with van der Waals surface area (Å²) < 4.78 is 5.38. The highest BCUT2D eigenvalue weighted by atomic mass is 16.5. The molecule has 3 aliphatic rings. The van der Waals surface area contributed by atoms with Gasteiger partial charge in [-0.2, -0.15) is 0 Å². The number of rotatable bonds is 1. The zero-order chi connectivity index (χ0) is 15.6. The van der Waals surface area contributed by atoms with E-state index in [2.05, 4.69) is 30.3 Å². The maximum atomic E-state index is 13.0. The number of ether oxygens (including phenoxy) is 1. The normalized spacial score (nSPS) is 28.3. The molecular weight excluding hydrogens is 284 g/mol. The van der Waals surface area contributed by atoms with E-state index in [1.807, 2.05) is 6.07 Å². The summed E-state index contributed by atoms with van der Waals surface area (Å²) in [4.78, 5) is 13.0. The first-order valence-electron chi connectivity index (χ1n) is 8.53. The van der Waals surface area contributed by atoms with Crippen LogP contribution in [0, 0.1) is 5.92 Å². The smallest absolute Gasteiger partial charge is 0.144 e. The molecule has 2 heteroatoms. The monoisotopic (exact) mass is 304 g/mol. The van der Waals surface area contributed by atoms with Crippen LogP contribution in [0.5, 0.6) is 5.75 Å². The molecule has 0 heterocycles. The van der Waals surface area contributed by atoms with Crippen LogP contribution in [-0.4, -0.2) is 12.9 Å². The quantitative estimate of drug-likeness (QED) is 0.733. The molecule has 0 N–H and O–H groups in total. The summed E-state index contributed by atoms with van der Waals surface area (Å²) in [7, 11) is 1.70. The maximum absolute atomic E-state index is 13.0. The van der Waals surface area contributed by atoms with Crippen molar-refractivity contribution in [3.05, 3.63) is 53.1 Å². The second-order valence-electron chi connectivity index (χ2n) is 7.29. The third-order valence-electron chi connectivity index (χ3n) is 6.27.